The van der Waals surface area contributed by atoms with Gasteiger partial charge in [-0.3, -0.25) is 81.5 Å². The number of aliphatic hydroxyl groups is 1. The number of aliphatic carboxylic acids is 1. The number of H-pyrrole nitrogens is 1. The molecular formula is C96H137FN18O19S. The van der Waals surface area contributed by atoms with E-state index < -0.39 is 215 Å². The number of aromatic amines is 1. The second-order valence-corrected chi connectivity index (χ2v) is 38.9. The number of hydrogen-bond acceptors (Lipinski definition) is 20. The zero-order chi connectivity index (χ0) is 99.0. The molecule has 39 heteroatoms. The van der Waals surface area contributed by atoms with E-state index in [0.29, 0.717) is 66.1 Å². The van der Waals surface area contributed by atoms with Crippen molar-refractivity contribution in [2.75, 3.05) is 51.8 Å². The quantitative estimate of drug-likeness (QED) is 0.0422. The maximum absolute atomic E-state index is 15.9. The van der Waals surface area contributed by atoms with Crippen molar-refractivity contribution >= 4 is 134 Å². The molecule has 0 saturated carbocycles. The number of carbonyl (C=O) groups excluding carboxylic acids is 16. The molecule has 5 aromatic rings. The summed E-state index contributed by atoms with van der Waals surface area (Å²) in [6, 6.07) is -1.37. The summed E-state index contributed by atoms with van der Waals surface area (Å²) in [5.41, 5.74) is 14.2. The fraction of sp³-hybridized carbons (Fsp3) is 0.594. The number of ketones is 1. The zero-order valence-electron chi connectivity index (χ0n) is 79.4. The molecule has 15 amide bonds. The summed E-state index contributed by atoms with van der Waals surface area (Å²) in [6.45, 7) is 14.9. The first-order valence-electron chi connectivity index (χ1n) is 47.0. The number of fused-ring (bicyclic) bond motifs is 5. The Morgan fingerprint density at radius 3 is 1.67 bits per heavy atom. The average molecular weight is 1900 g/mol. The summed E-state index contributed by atoms with van der Waals surface area (Å²) in [6.07, 6.45) is 1.75. The molecule has 738 valence electrons. The molecular weight excluding hydrogens is 1760 g/mol. The lowest BCUT2D eigenvalue weighted by atomic mass is 9.87. The van der Waals surface area contributed by atoms with Gasteiger partial charge in [0.15, 0.2) is 0 Å². The molecule has 4 fully saturated rings. The van der Waals surface area contributed by atoms with E-state index in [0.717, 1.165) is 44.6 Å². The topological polar surface area (TPSA) is 528 Å². The number of piperidine rings is 1. The fourth-order valence-electron chi connectivity index (χ4n) is 18.0. The van der Waals surface area contributed by atoms with Crippen LogP contribution in [0.4, 0.5) is 4.39 Å². The van der Waals surface area contributed by atoms with Crippen molar-refractivity contribution in [1.29, 1.82) is 0 Å². The molecule has 16 N–H and O–H groups in total. The number of rotatable bonds is 24. The second-order valence-electron chi connectivity index (χ2n) is 37.9. The number of thioether (sulfide) groups is 1. The van der Waals surface area contributed by atoms with Gasteiger partial charge in [-0.15, -0.1) is 11.8 Å². The number of halogens is 1. The standard InChI is InChI=1S/C96H137FN18O19S/c1-13-15-27-74-87(126)104-66(42-54(3)4)85(124)109-72(82(99)121)52-135-53-80(118)101-69(44-56-32-34-59(97)35-33-56)92(131)113-40-22-21-30-75(113)89(128)108-71(48-81(119)120)93(132)114-41-23-31-76(114)88(127)103-64(36-37-79(117)96(7,8)9)83(122)106-68(43-55(5)6)94(133)115-51-60(116)47-78(115)90(129)105-67(45-57-49-100-63-26-19-17-24-61(57)63)86(125)102-65(38-39-98)84(123)107-70(46-58-50-110(10)73-29-20-18-25-62(58)73)91(130)112(12)77(28-16-14-2)95(134)111(74)11/h17-20,24-26,29,32-35,49-50,54-55,60,64-72,74-78,100,116H,13-16,21-23,27-28,30-31,36-48,51-53,98H2,1-12H3,(H2,99,121)(H,101,118)(H,102,125)(H,103,127)(H,104,126)(H,105,129)(H,106,122)(H,107,123)(H,108,128)(H,109,124)(H,119,120)/t60-,64+,65+,66+,67+,68+,69+,70+,71+,72+,74+,75+,76+,77+,78+/m1/s1. The molecule has 0 bridgehead atoms. The smallest absolute Gasteiger partial charge is 0.305 e. The molecule has 0 radical (unpaired) electrons. The van der Waals surface area contributed by atoms with Crippen LogP contribution in [0.25, 0.3) is 21.8 Å². The van der Waals surface area contributed by atoms with E-state index >= 15 is 52.7 Å². The monoisotopic (exact) mass is 1900 g/mol. The number of nitrogens with one attached hydrogen (secondary N) is 10. The normalized spacial score (nSPS) is 25.5. The van der Waals surface area contributed by atoms with E-state index in [-0.39, 0.29) is 133 Å². The Morgan fingerprint density at radius 2 is 1.04 bits per heavy atom. The average Bonchev–Trinajstić information content (AvgIpc) is 1.71. The molecule has 4 aliphatic rings. The highest BCUT2D eigenvalue weighted by molar-refractivity contribution is 8.00. The Bertz CT molecular complexity index is 5080. The number of aryl methyl sites for hydroxylation is 1. The number of Topliss-reactive ketones (excluding diaryl/α,β-unsaturated/α-hetero) is 1. The third-order valence-electron chi connectivity index (χ3n) is 25.5. The number of primary amides is 1. The molecule has 135 heavy (non-hydrogen) atoms. The summed E-state index contributed by atoms with van der Waals surface area (Å²) in [4.78, 5) is 262. The van der Waals surface area contributed by atoms with Crippen LogP contribution in [0.15, 0.2) is 85.2 Å². The highest BCUT2D eigenvalue weighted by Gasteiger charge is 2.48. The fourth-order valence-corrected chi connectivity index (χ4v) is 18.9. The molecule has 9 rings (SSSR count). The van der Waals surface area contributed by atoms with Gasteiger partial charge in [-0.2, -0.15) is 0 Å². The van der Waals surface area contributed by atoms with Gasteiger partial charge in [0.1, 0.15) is 96.2 Å². The van der Waals surface area contributed by atoms with Crippen LogP contribution >= 0.6 is 11.8 Å². The minimum atomic E-state index is -1.88. The number of nitrogens with two attached hydrogens (primary N) is 2. The minimum absolute atomic E-state index is 0.000647. The van der Waals surface area contributed by atoms with Crippen molar-refractivity contribution in [3.63, 3.8) is 0 Å². The third kappa shape index (κ3) is 29.1. The summed E-state index contributed by atoms with van der Waals surface area (Å²) in [7, 11) is 4.63. The van der Waals surface area contributed by atoms with E-state index in [2.05, 4.69) is 52.8 Å². The number of nitrogens with zero attached hydrogens (tertiary/aromatic N) is 6. The highest BCUT2D eigenvalue weighted by atomic mass is 32.2. The number of likely N-dealkylation sites (N-methyl/N-ethyl adjacent to an activating group) is 2. The maximum Gasteiger partial charge on any atom is 0.305 e. The van der Waals surface area contributed by atoms with E-state index in [9.17, 15) is 43.4 Å². The number of carbonyl (C=O) groups is 17. The minimum Gasteiger partial charge on any atom is -0.481 e. The number of amides is 15. The number of aromatic nitrogens is 2. The largest absolute Gasteiger partial charge is 0.481 e. The van der Waals surface area contributed by atoms with Gasteiger partial charge in [0, 0.05) is 118 Å². The van der Waals surface area contributed by atoms with Crippen LogP contribution in [-0.4, -0.2) is 287 Å². The zero-order valence-corrected chi connectivity index (χ0v) is 80.3. The van der Waals surface area contributed by atoms with Crippen molar-refractivity contribution in [2.45, 2.75) is 288 Å². The van der Waals surface area contributed by atoms with Gasteiger partial charge in [-0.05, 0) is 130 Å². The lowest BCUT2D eigenvalue weighted by Crippen LogP contribution is -2.61. The van der Waals surface area contributed by atoms with Crippen LogP contribution in [0.5, 0.6) is 0 Å². The van der Waals surface area contributed by atoms with Gasteiger partial charge in [-0.25, -0.2) is 4.39 Å². The number of carboxylic acids is 1. The number of unbranched alkanes of at least 4 members (excludes halogenated alkanes) is 2. The Hall–Kier alpha value is -11.9. The summed E-state index contributed by atoms with van der Waals surface area (Å²) in [5.74, 6) is -17.2. The van der Waals surface area contributed by atoms with Crippen LogP contribution in [0, 0.1) is 23.1 Å². The third-order valence-corrected chi connectivity index (χ3v) is 26.5. The number of aliphatic hydroxyl groups excluding tert-OH is 1. The van der Waals surface area contributed by atoms with E-state index in [1.54, 1.807) is 85.1 Å². The molecule has 3 aromatic carbocycles. The van der Waals surface area contributed by atoms with Crippen LogP contribution in [0.1, 0.15) is 195 Å². The molecule has 6 heterocycles. The van der Waals surface area contributed by atoms with Crippen LogP contribution < -0.4 is 59.3 Å². The number of para-hydroxylation sites is 2. The van der Waals surface area contributed by atoms with E-state index in [1.807, 2.05) is 49.7 Å². The Labute approximate surface area is 791 Å². The first kappa shape index (κ1) is 107. The van der Waals surface area contributed by atoms with E-state index in [1.165, 1.54) is 40.9 Å². The van der Waals surface area contributed by atoms with Crippen LogP contribution in [0.3, 0.4) is 0 Å². The second kappa shape index (κ2) is 49.6. The van der Waals surface area contributed by atoms with Gasteiger partial charge >= 0.3 is 5.97 Å². The van der Waals surface area contributed by atoms with Gasteiger partial charge in [0.2, 0.25) is 88.6 Å². The predicted octanol–water partition coefficient (Wildman–Crippen LogP) is 3.10. The molecule has 0 aliphatic carbocycles. The van der Waals surface area contributed by atoms with E-state index in [4.69, 9.17) is 11.5 Å². The Morgan fingerprint density at radius 1 is 0.526 bits per heavy atom. The first-order valence-corrected chi connectivity index (χ1v) is 48.2. The van der Waals surface area contributed by atoms with Crippen molar-refractivity contribution in [3.05, 3.63) is 108 Å². The van der Waals surface area contributed by atoms with Crippen molar-refractivity contribution < 1.29 is 96.1 Å². The SMILES string of the molecule is CCCC[C@H]1C(=O)N(C)[C@@H](CCCC)C(=O)N[C@@H](CC(C)C)C(=O)N[C@H](C(N)=O)CSCC(=O)N[C@@H](Cc2ccc(F)cc2)C(=O)N2CCCC[C@H]2C(=O)N[C@@H](CC(=O)O)C(=O)N2CCC[C@H]2C(=O)N[C@@H](CCC(=O)C(C)(C)C)C(=O)N[C@@H](CC(C)C)C(=O)N2C[C@H](O)C[C@H]2C(=O)N[C@@H](Cc2c[nH]c3ccccc23)C(=O)N[C@@H](CCN)C(=O)N[C@@H](Cc2cn(C)c3ccccc23)C(=O)N1C. The molecule has 4 aliphatic heterocycles. The first-order chi connectivity index (χ1) is 64.0. The summed E-state index contributed by atoms with van der Waals surface area (Å²) in [5, 5.41) is 48.1. The molecule has 37 nitrogen and oxygen atoms in total. The number of carboxylic acid groups (broad SMARTS) is 1. The van der Waals surface area contributed by atoms with Gasteiger partial charge < -0.3 is 104 Å². The predicted molar refractivity (Wildman–Crippen MR) is 504 cm³/mol. The van der Waals surface area contributed by atoms with Gasteiger partial charge in [0.25, 0.3) is 0 Å². The lowest BCUT2D eigenvalue weighted by molar-refractivity contribution is -0.149. The number of hydrogen-bond donors (Lipinski definition) is 14. The summed E-state index contributed by atoms with van der Waals surface area (Å²) < 4.78 is 16.3. The summed E-state index contributed by atoms with van der Waals surface area (Å²) >= 11 is 0.835. The Kier molecular flexibility index (Phi) is 39.2. The molecule has 15 atom stereocenters. The lowest BCUT2D eigenvalue weighted by Gasteiger charge is -2.38. The molecule has 4 saturated heterocycles. The molecule has 0 spiro atoms. The van der Waals surface area contributed by atoms with Gasteiger partial charge in [0.05, 0.1) is 18.3 Å². The van der Waals surface area contributed by atoms with Crippen LogP contribution in [0.2, 0.25) is 0 Å². The Balaban J connectivity index is 1.11. The van der Waals surface area contributed by atoms with Crippen molar-refractivity contribution in [1.82, 2.24) is 81.9 Å². The molecule has 0 unspecified atom stereocenters. The maximum atomic E-state index is 15.9. The number of benzene rings is 3. The van der Waals surface area contributed by atoms with Crippen LogP contribution in [-0.2, 0) is 108 Å². The van der Waals surface area contributed by atoms with Crippen molar-refractivity contribution in [2.24, 2.45) is 35.8 Å². The van der Waals surface area contributed by atoms with Gasteiger partial charge in [-0.1, -0.05) is 137 Å². The highest BCUT2D eigenvalue weighted by Crippen LogP contribution is 2.30. The molecule has 2 aromatic heterocycles. The van der Waals surface area contributed by atoms with Crippen molar-refractivity contribution in [3.8, 4) is 0 Å².